The first kappa shape index (κ1) is 24.0. The molecule has 172 valence electrons. The molecule has 2 aromatic rings. The van der Waals surface area contributed by atoms with Gasteiger partial charge in [-0.05, 0) is 37.1 Å². The molecule has 0 aliphatic heterocycles. The maximum Gasteiger partial charge on any atom is 0.256 e. The van der Waals surface area contributed by atoms with Crippen LogP contribution in [0.3, 0.4) is 0 Å². The van der Waals surface area contributed by atoms with Crippen LogP contribution in [0.5, 0.6) is 0 Å². The second kappa shape index (κ2) is 10.8. The number of hydrogen-bond acceptors (Lipinski definition) is 4. The molecule has 1 saturated carbocycles. The van der Waals surface area contributed by atoms with E-state index in [9.17, 15) is 18.4 Å². The lowest BCUT2D eigenvalue weighted by molar-refractivity contribution is -0.129. The summed E-state index contributed by atoms with van der Waals surface area (Å²) in [5, 5.41) is 2.56. The van der Waals surface area contributed by atoms with Gasteiger partial charge in [0.1, 0.15) is 5.69 Å². The van der Waals surface area contributed by atoms with E-state index < -0.39 is 17.5 Å². The topological polar surface area (TPSA) is 52.7 Å². The summed E-state index contributed by atoms with van der Waals surface area (Å²) >= 11 is 1.29. The van der Waals surface area contributed by atoms with Crippen molar-refractivity contribution in [2.75, 3.05) is 37.1 Å². The van der Waals surface area contributed by atoms with Gasteiger partial charge in [-0.2, -0.15) is 0 Å². The molecular weight excluding hydrogens is 432 g/mol. The van der Waals surface area contributed by atoms with Crippen molar-refractivity contribution in [2.45, 2.75) is 43.0 Å². The van der Waals surface area contributed by atoms with Crippen molar-refractivity contribution < 1.29 is 18.4 Å². The summed E-state index contributed by atoms with van der Waals surface area (Å²) in [6, 6.07) is 9.37. The number of hydrogen-bond donors (Lipinski definition) is 1. The number of carbonyl (C=O) groups excluding carboxylic acids is 2. The number of rotatable bonds is 7. The zero-order valence-electron chi connectivity index (χ0n) is 18.7. The predicted octanol–water partition coefficient (Wildman–Crippen LogP) is 5.17. The second-order valence-electron chi connectivity index (χ2n) is 8.22. The Kier molecular flexibility index (Phi) is 8.12. The van der Waals surface area contributed by atoms with Crippen LogP contribution in [0.4, 0.5) is 20.2 Å². The van der Waals surface area contributed by atoms with Crippen LogP contribution < -0.4 is 10.2 Å². The van der Waals surface area contributed by atoms with Crippen LogP contribution in [0.1, 0.15) is 42.5 Å². The van der Waals surface area contributed by atoms with E-state index in [0.717, 1.165) is 37.8 Å². The SMILES string of the molecule is CN(C)c1c(F)cc(NC(=O)c2ccccc2SCC(=O)N(C)C2CCCCC2)cc1F. The van der Waals surface area contributed by atoms with Gasteiger partial charge in [-0.15, -0.1) is 11.8 Å². The first-order chi connectivity index (χ1) is 15.3. The van der Waals surface area contributed by atoms with Gasteiger partial charge in [-0.1, -0.05) is 31.4 Å². The van der Waals surface area contributed by atoms with Crippen LogP contribution in [0.15, 0.2) is 41.3 Å². The predicted molar refractivity (Wildman–Crippen MR) is 125 cm³/mol. The summed E-state index contributed by atoms with van der Waals surface area (Å²) in [6.07, 6.45) is 5.59. The van der Waals surface area contributed by atoms with Crippen LogP contribution in [-0.4, -0.2) is 49.7 Å². The van der Waals surface area contributed by atoms with Gasteiger partial charge >= 0.3 is 0 Å². The molecule has 2 aromatic carbocycles. The standard InChI is InChI=1S/C24H29F2N3O2S/c1-28(2)23-19(25)13-16(14-20(23)26)27-24(31)18-11-7-8-12-21(18)32-15-22(30)29(3)17-9-5-4-6-10-17/h7-8,11-14,17H,4-6,9-10,15H2,1-3H3,(H,27,31). The molecule has 0 aromatic heterocycles. The van der Waals surface area contributed by atoms with Crippen molar-refractivity contribution >= 4 is 35.0 Å². The Morgan fingerprint density at radius 2 is 1.66 bits per heavy atom. The molecule has 0 atom stereocenters. The second-order valence-corrected chi connectivity index (χ2v) is 9.24. The highest BCUT2D eigenvalue weighted by Gasteiger charge is 2.23. The third-order valence-corrected chi connectivity index (χ3v) is 6.78. The molecule has 1 aliphatic carbocycles. The lowest BCUT2D eigenvalue weighted by Crippen LogP contribution is -2.39. The quantitative estimate of drug-likeness (QED) is 0.579. The van der Waals surface area contributed by atoms with E-state index in [2.05, 4.69) is 5.32 Å². The fourth-order valence-corrected chi connectivity index (χ4v) is 4.93. The molecule has 0 spiro atoms. The highest BCUT2D eigenvalue weighted by atomic mass is 32.2. The van der Waals surface area contributed by atoms with Gasteiger partial charge in [0.15, 0.2) is 11.6 Å². The van der Waals surface area contributed by atoms with Crippen LogP contribution in [0.2, 0.25) is 0 Å². The molecule has 0 radical (unpaired) electrons. The number of benzene rings is 2. The normalized spacial score (nSPS) is 14.2. The van der Waals surface area contributed by atoms with Gasteiger partial charge in [-0.3, -0.25) is 9.59 Å². The molecule has 1 N–H and O–H groups in total. The average molecular weight is 462 g/mol. The van der Waals surface area contributed by atoms with Gasteiger partial charge in [-0.25, -0.2) is 8.78 Å². The molecule has 5 nitrogen and oxygen atoms in total. The van der Waals surface area contributed by atoms with Crippen molar-refractivity contribution in [3.8, 4) is 0 Å². The summed E-state index contributed by atoms with van der Waals surface area (Å²) in [6.45, 7) is 0. The van der Waals surface area contributed by atoms with E-state index >= 15 is 0 Å². The summed E-state index contributed by atoms with van der Waals surface area (Å²) in [4.78, 5) is 29.3. The van der Waals surface area contributed by atoms with Crippen LogP contribution in [-0.2, 0) is 4.79 Å². The largest absolute Gasteiger partial charge is 0.373 e. The molecule has 8 heteroatoms. The van der Waals surface area contributed by atoms with E-state index in [0.29, 0.717) is 10.5 Å². The molecule has 2 amide bonds. The smallest absolute Gasteiger partial charge is 0.256 e. The first-order valence-corrected chi connectivity index (χ1v) is 11.7. The van der Waals surface area contributed by atoms with Gasteiger partial charge in [0.25, 0.3) is 5.91 Å². The maximum absolute atomic E-state index is 14.3. The Labute approximate surface area is 192 Å². The van der Waals surface area contributed by atoms with Crippen molar-refractivity contribution in [1.82, 2.24) is 4.90 Å². The van der Waals surface area contributed by atoms with Crippen molar-refractivity contribution in [1.29, 1.82) is 0 Å². The molecule has 1 fully saturated rings. The molecule has 0 bridgehead atoms. The third kappa shape index (κ3) is 5.79. The Balaban J connectivity index is 1.68. The summed E-state index contributed by atoms with van der Waals surface area (Å²) < 4.78 is 28.5. The lowest BCUT2D eigenvalue weighted by Gasteiger charge is -2.31. The van der Waals surface area contributed by atoms with Crippen LogP contribution in [0, 0.1) is 11.6 Å². The van der Waals surface area contributed by atoms with Gasteiger partial charge in [0.2, 0.25) is 5.91 Å². The third-order valence-electron chi connectivity index (χ3n) is 5.72. The van der Waals surface area contributed by atoms with Gasteiger partial charge < -0.3 is 15.1 Å². The maximum atomic E-state index is 14.3. The number of anilines is 2. The number of carbonyl (C=O) groups is 2. The lowest BCUT2D eigenvalue weighted by atomic mass is 9.94. The average Bonchev–Trinajstić information content (AvgIpc) is 2.77. The van der Waals surface area contributed by atoms with E-state index in [-0.39, 0.29) is 29.1 Å². The zero-order valence-corrected chi connectivity index (χ0v) is 19.5. The van der Waals surface area contributed by atoms with E-state index in [1.54, 1.807) is 38.4 Å². The molecule has 3 rings (SSSR count). The monoisotopic (exact) mass is 461 g/mol. The fraction of sp³-hybridized carbons (Fsp3) is 0.417. The minimum absolute atomic E-state index is 0.0283. The summed E-state index contributed by atoms with van der Waals surface area (Å²) in [5.74, 6) is -1.76. The minimum atomic E-state index is -0.760. The van der Waals surface area contributed by atoms with Crippen molar-refractivity contribution in [2.24, 2.45) is 0 Å². The molecule has 32 heavy (non-hydrogen) atoms. The van der Waals surface area contributed by atoms with Gasteiger partial charge in [0.05, 0.1) is 11.3 Å². The van der Waals surface area contributed by atoms with Crippen LogP contribution >= 0.6 is 11.8 Å². The summed E-state index contributed by atoms with van der Waals surface area (Å²) in [7, 11) is 4.93. The highest BCUT2D eigenvalue weighted by molar-refractivity contribution is 8.00. The van der Waals surface area contributed by atoms with Crippen LogP contribution in [0.25, 0.3) is 0 Å². The van der Waals surface area contributed by atoms with Gasteiger partial charge in [0, 0.05) is 37.8 Å². The van der Waals surface area contributed by atoms with E-state index in [1.807, 2.05) is 11.9 Å². The molecule has 0 heterocycles. The molecule has 0 saturated heterocycles. The number of nitrogens with zero attached hydrogens (tertiary/aromatic N) is 2. The number of thioether (sulfide) groups is 1. The highest BCUT2D eigenvalue weighted by Crippen LogP contribution is 2.28. The fourth-order valence-electron chi connectivity index (χ4n) is 3.96. The number of amides is 2. The number of nitrogens with one attached hydrogen (secondary N) is 1. The number of halogens is 2. The summed E-state index contributed by atoms with van der Waals surface area (Å²) in [5.41, 5.74) is 0.214. The Morgan fingerprint density at radius 3 is 2.28 bits per heavy atom. The minimum Gasteiger partial charge on any atom is -0.373 e. The van der Waals surface area contributed by atoms with Crippen molar-refractivity contribution in [3.05, 3.63) is 53.6 Å². The van der Waals surface area contributed by atoms with Crippen molar-refractivity contribution in [3.63, 3.8) is 0 Å². The van der Waals surface area contributed by atoms with E-state index in [4.69, 9.17) is 0 Å². The Bertz CT molecular complexity index is 954. The Morgan fingerprint density at radius 1 is 1.03 bits per heavy atom. The first-order valence-electron chi connectivity index (χ1n) is 10.7. The molecule has 0 unspecified atom stereocenters. The molecule has 1 aliphatic rings. The zero-order chi connectivity index (χ0) is 23.3. The molecular formula is C24H29F2N3O2S. The Hall–Kier alpha value is -2.61. The van der Waals surface area contributed by atoms with E-state index in [1.165, 1.54) is 23.1 Å².